The highest BCUT2D eigenvalue weighted by atomic mass is 19.1. The fraction of sp³-hybridized carbons (Fsp3) is 0.200. The summed E-state index contributed by atoms with van der Waals surface area (Å²) >= 11 is 0. The number of rotatable bonds is 5. The van der Waals surface area contributed by atoms with E-state index in [9.17, 15) is 0 Å². The summed E-state index contributed by atoms with van der Waals surface area (Å²) in [6.45, 7) is 6.30. The van der Waals surface area contributed by atoms with E-state index >= 15 is 4.39 Å². The molecule has 6 rings (SSSR count). The first kappa shape index (κ1) is 21.6. The van der Waals surface area contributed by atoms with Gasteiger partial charge in [-0.1, -0.05) is 82.3 Å². The van der Waals surface area contributed by atoms with Crippen molar-refractivity contribution in [1.29, 1.82) is 0 Å². The van der Waals surface area contributed by atoms with Crippen molar-refractivity contribution in [2.24, 2.45) is 0 Å². The Morgan fingerprint density at radius 3 is 2.23 bits per heavy atom. The maximum absolute atomic E-state index is 15.2. The first-order valence-electron chi connectivity index (χ1n) is 14.7. The summed E-state index contributed by atoms with van der Waals surface area (Å²) in [6, 6.07) is 25.5. The van der Waals surface area contributed by atoms with Crippen molar-refractivity contribution >= 4 is 22.1 Å². The van der Waals surface area contributed by atoms with Crippen LogP contribution in [0, 0.1) is 12.7 Å². The van der Waals surface area contributed by atoms with E-state index in [0.717, 1.165) is 11.6 Å². The normalized spacial score (nSPS) is 13.3. The van der Waals surface area contributed by atoms with Gasteiger partial charge in [0.05, 0.1) is 11.1 Å². The van der Waals surface area contributed by atoms with Crippen LogP contribution in [0.5, 0.6) is 0 Å². The highest BCUT2D eigenvalue weighted by Crippen LogP contribution is 2.41. The molecule has 0 saturated heterocycles. The number of halogens is 1. The minimum Gasteiger partial charge on any atom is -0.437 e. The second-order valence-corrected chi connectivity index (χ2v) is 10.6. The fourth-order valence-electron chi connectivity index (χ4n) is 5.41. The molecular weight excluding hydrogens is 483 g/mol. The van der Waals surface area contributed by atoms with E-state index in [1.165, 1.54) is 27.8 Å². The standard InChI is InChI=1S/C35H31FN2O/c1-20(2)28-17-25(23-10-7-6-8-11-23)18-29(21(3)4)32(28)24-14-15-37-31(19-24)26-12-9-13-27-33-30(36)16-22(5)38-35(33)39-34(26)27/h6-21H,1-5H3/i5D3. The van der Waals surface area contributed by atoms with Crippen LogP contribution in [0.15, 0.2) is 89.5 Å². The molecule has 3 heterocycles. The lowest BCUT2D eigenvalue weighted by atomic mass is 9.82. The summed E-state index contributed by atoms with van der Waals surface area (Å²) in [6.07, 6.45) is 1.79. The molecule has 0 spiro atoms. The molecule has 4 heteroatoms. The summed E-state index contributed by atoms with van der Waals surface area (Å²) in [4.78, 5) is 8.83. The van der Waals surface area contributed by atoms with Gasteiger partial charge in [-0.15, -0.1) is 0 Å². The van der Waals surface area contributed by atoms with Crippen molar-refractivity contribution in [1.82, 2.24) is 9.97 Å². The molecule has 0 aliphatic carbocycles. The zero-order valence-electron chi connectivity index (χ0n) is 25.4. The van der Waals surface area contributed by atoms with Gasteiger partial charge in [-0.2, -0.15) is 0 Å². The molecule has 0 aliphatic rings. The molecule has 3 aromatic carbocycles. The van der Waals surface area contributed by atoms with Crippen molar-refractivity contribution < 1.29 is 12.9 Å². The number of hydrogen-bond acceptors (Lipinski definition) is 3. The fourth-order valence-corrected chi connectivity index (χ4v) is 5.41. The Morgan fingerprint density at radius 1 is 0.795 bits per heavy atom. The number of fused-ring (bicyclic) bond motifs is 3. The largest absolute Gasteiger partial charge is 0.437 e. The zero-order chi connectivity index (χ0) is 29.8. The third-order valence-corrected chi connectivity index (χ3v) is 7.30. The minimum atomic E-state index is -2.55. The number of benzene rings is 3. The number of furan rings is 1. The second kappa shape index (κ2) is 9.77. The highest BCUT2D eigenvalue weighted by Gasteiger charge is 2.21. The third kappa shape index (κ3) is 4.40. The molecule has 39 heavy (non-hydrogen) atoms. The van der Waals surface area contributed by atoms with Crippen molar-refractivity contribution in [2.45, 2.75) is 46.4 Å². The second-order valence-electron chi connectivity index (χ2n) is 10.6. The van der Waals surface area contributed by atoms with Crippen LogP contribution in [0.3, 0.4) is 0 Å². The van der Waals surface area contributed by atoms with Crippen LogP contribution >= 0.6 is 0 Å². The third-order valence-electron chi connectivity index (χ3n) is 7.30. The Kier molecular flexibility index (Phi) is 5.41. The van der Waals surface area contributed by atoms with E-state index in [1.54, 1.807) is 12.3 Å². The average molecular weight is 518 g/mol. The van der Waals surface area contributed by atoms with Gasteiger partial charge < -0.3 is 4.42 Å². The molecule has 0 fully saturated rings. The SMILES string of the molecule is [2H]C([2H])([2H])c1cc(F)c2c(n1)oc1c(-c3cc(-c4c(C(C)C)cc(-c5ccccc5)cc4C(C)C)ccn3)cccc12. The lowest BCUT2D eigenvalue weighted by Gasteiger charge is -2.22. The summed E-state index contributed by atoms with van der Waals surface area (Å²) in [7, 11) is 0. The topological polar surface area (TPSA) is 38.9 Å². The molecule has 0 saturated carbocycles. The van der Waals surface area contributed by atoms with E-state index in [2.05, 4.69) is 80.1 Å². The first-order chi connectivity index (χ1) is 20.0. The molecule has 0 radical (unpaired) electrons. The number of nitrogens with zero attached hydrogens (tertiary/aromatic N) is 2. The van der Waals surface area contributed by atoms with Gasteiger partial charge >= 0.3 is 0 Å². The van der Waals surface area contributed by atoms with E-state index in [4.69, 9.17) is 8.53 Å². The molecule has 0 amide bonds. The van der Waals surface area contributed by atoms with Gasteiger partial charge in [-0.25, -0.2) is 9.37 Å². The van der Waals surface area contributed by atoms with Gasteiger partial charge in [0.2, 0.25) is 5.71 Å². The maximum atomic E-state index is 15.2. The molecule has 3 aromatic heterocycles. The first-order valence-corrected chi connectivity index (χ1v) is 13.2. The summed E-state index contributed by atoms with van der Waals surface area (Å²) in [5.74, 6) is -0.124. The van der Waals surface area contributed by atoms with Crippen LogP contribution in [0.2, 0.25) is 0 Å². The highest BCUT2D eigenvalue weighted by molar-refractivity contribution is 6.08. The van der Waals surface area contributed by atoms with Crippen molar-refractivity contribution in [2.75, 3.05) is 0 Å². The Bertz CT molecular complexity index is 1910. The van der Waals surface area contributed by atoms with Gasteiger partial charge in [-0.3, -0.25) is 4.98 Å². The van der Waals surface area contributed by atoms with Crippen LogP contribution in [-0.2, 0) is 0 Å². The molecule has 0 unspecified atom stereocenters. The van der Waals surface area contributed by atoms with Gasteiger partial charge in [0.1, 0.15) is 11.4 Å². The van der Waals surface area contributed by atoms with Crippen LogP contribution in [0.25, 0.3) is 55.6 Å². The number of para-hydroxylation sites is 1. The summed E-state index contributed by atoms with van der Waals surface area (Å²) in [5, 5.41) is 0.687. The predicted molar refractivity (Wildman–Crippen MR) is 158 cm³/mol. The molecular formula is C35H31FN2O. The molecule has 3 nitrogen and oxygen atoms in total. The van der Waals surface area contributed by atoms with Crippen LogP contribution in [0.1, 0.15) is 60.5 Å². The number of pyridine rings is 2. The Labute approximate surface area is 232 Å². The quantitative estimate of drug-likeness (QED) is 0.228. The number of aromatic nitrogens is 2. The summed E-state index contributed by atoms with van der Waals surface area (Å²) in [5.41, 5.74) is 8.50. The van der Waals surface area contributed by atoms with Crippen molar-refractivity contribution in [3.05, 3.63) is 108 Å². The van der Waals surface area contributed by atoms with Gasteiger partial charge in [-0.05, 0) is 76.3 Å². The van der Waals surface area contributed by atoms with E-state index in [-0.39, 0.29) is 28.6 Å². The zero-order valence-corrected chi connectivity index (χ0v) is 22.4. The van der Waals surface area contributed by atoms with Crippen LogP contribution in [0.4, 0.5) is 4.39 Å². The number of hydrogen-bond donors (Lipinski definition) is 0. The van der Waals surface area contributed by atoms with Crippen LogP contribution < -0.4 is 0 Å². The Balaban J connectivity index is 1.55. The molecule has 0 aliphatic heterocycles. The van der Waals surface area contributed by atoms with E-state index < -0.39 is 12.7 Å². The van der Waals surface area contributed by atoms with Gasteiger partial charge in [0.25, 0.3) is 0 Å². The lowest BCUT2D eigenvalue weighted by molar-refractivity contribution is 0.624. The number of aryl methyl sites for hydroxylation is 1. The molecule has 0 atom stereocenters. The lowest BCUT2D eigenvalue weighted by Crippen LogP contribution is -2.02. The minimum absolute atomic E-state index is 0.0413. The molecule has 0 N–H and O–H groups in total. The van der Waals surface area contributed by atoms with Gasteiger partial charge in [0.15, 0.2) is 0 Å². The smallest absolute Gasteiger partial charge is 0.230 e. The van der Waals surface area contributed by atoms with E-state index in [1.807, 2.05) is 24.3 Å². The monoisotopic (exact) mass is 517 g/mol. The predicted octanol–water partition coefficient (Wildman–Crippen LogP) is 10.1. The summed E-state index contributed by atoms with van der Waals surface area (Å²) < 4.78 is 44.2. The van der Waals surface area contributed by atoms with Gasteiger partial charge in [0, 0.05) is 27.0 Å². The molecule has 194 valence electrons. The Morgan fingerprint density at radius 2 is 1.54 bits per heavy atom. The molecule has 6 aromatic rings. The van der Waals surface area contributed by atoms with Crippen molar-refractivity contribution in [3.8, 4) is 33.5 Å². The Hall–Kier alpha value is -4.31. The van der Waals surface area contributed by atoms with E-state index in [0.29, 0.717) is 22.2 Å². The average Bonchev–Trinajstić information content (AvgIpc) is 3.36. The van der Waals surface area contributed by atoms with Crippen LogP contribution in [-0.4, -0.2) is 9.97 Å². The maximum Gasteiger partial charge on any atom is 0.230 e. The van der Waals surface area contributed by atoms with Crippen molar-refractivity contribution in [3.63, 3.8) is 0 Å². The molecule has 0 bridgehead atoms.